The molecule has 6 heteroatoms. The van der Waals surface area contributed by atoms with Gasteiger partial charge in [-0.2, -0.15) is 0 Å². The minimum atomic E-state index is -0.391. The van der Waals surface area contributed by atoms with E-state index in [1.165, 1.54) is 11.8 Å². The van der Waals surface area contributed by atoms with E-state index in [9.17, 15) is 4.79 Å². The zero-order chi connectivity index (χ0) is 18.1. The van der Waals surface area contributed by atoms with Crippen LogP contribution in [0, 0.1) is 6.92 Å². The molecular weight excluding hydrogens is 344 g/mol. The maximum Gasteiger partial charge on any atom is 0.191 e. The quantitative estimate of drug-likeness (QED) is 0.424. The first-order chi connectivity index (χ1) is 12.6. The number of H-pyrrole nitrogens is 1. The number of rotatable bonds is 5. The maximum atomic E-state index is 13.4. The van der Waals surface area contributed by atoms with E-state index in [-0.39, 0.29) is 5.78 Å². The lowest BCUT2D eigenvalue weighted by atomic mass is 10.0. The SMILES string of the molecule is Cc1nnc(S[C@@H](C(=O)c2c[nH]c3ccccc23)c2ccccc2)n1C. The zero-order valence-corrected chi connectivity index (χ0v) is 15.3. The molecule has 130 valence electrons. The fraction of sp³-hybridized carbons (Fsp3) is 0.150. The second kappa shape index (κ2) is 6.80. The fourth-order valence-electron chi connectivity index (χ4n) is 2.91. The number of aryl methyl sites for hydroxylation is 1. The van der Waals surface area contributed by atoms with E-state index in [1.54, 1.807) is 6.20 Å². The van der Waals surface area contributed by atoms with Gasteiger partial charge >= 0.3 is 0 Å². The van der Waals surface area contributed by atoms with Gasteiger partial charge in [0.25, 0.3) is 0 Å². The van der Waals surface area contributed by atoms with Crippen molar-refractivity contribution in [2.75, 3.05) is 0 Å². The first-order valence-corrected chi connectivity index (χ1v) is 9.21. The number of hydrogen-bond acceptors (Lipinski definition) is 4. The molecule has 0 unspecified atom stereocenters. The number of aromatic amines is 1. The van der Waals surface area contributed by atoms with Crippen molar-refractivity contribution in [2.24, 2.45) is 7.05 Å². The summed E-state index contributed by atoms with van der Waals surface area (Å²) in [5.74, 6) is 0.873. The minimum Gasteiger partial charge on any atom is -0.360 e. The second-order valence-corrected chi connectivity index (χ2v) is 7.18. The molecule has 26 heavy (non-hydrogen) atoms. The van der Waals surface area contributed by atoms with Crippen LogP contribution in [0.5, 0.6) is 0 Å². The van der Waals surface area contributed by atoms with Crippen molar-refractivity contribution >= 4 is 28.4 Å². The molecule has 2 heterocycles. The van der Waals surface area contributed by atoms with Gasteiger partial charge in [0.2, 0.25) is 0 Å². The first kappa shape index (κ1) is 16.6. The second-order valence-electron chi connectivity index (χ2n) is 6.11. The van der Waals surface area contributed by atoms with Gasteiger partial charge in [0.15, 0.2) is 10.9 Å². The number of thioether (sulfide) groups is 1. The third-order valence-electron chi connectivity index (χ3n) is 4.47. The molecule has 0 fully saturated rings. The summed E-state index contributed by atoms with van der Waals surface area (Å²) in [7, 11) is 1.91. The zero-order valence-electron chi connectivity index (χ0n) is 14.5. The summed E-state index contributed by atoms with van der Waals surface area (Å²) in [6.07, 6.45) is 1.80. The van der Waals surface area contributed by atoms with Gasteiger partial charge in [-0.1, -0.05) is 60.3 Å². The number of hydrogen-bond donors (Lipinski definition) is 1. The van der Waals surface area contributed by atoms with Crippen LogP contribution in [0.4, 0.5) is 0 Å². The summed E-state index contributed by atoms with van der Waals surface area (Å²) >= 11 is 1.43. The van der Waals surface area contributed by atoms with Crippen molar-refractivity contribution in [1.82, 2.24) is 19.7 Å². The third kappa shape index (κ3) is 2.93. The Labute approximate surface area is 155 Å². The van der Waals surface area contributed by atoms with Crippen molar-refractivity contribution in [3.05, 3.63) is 77.7 Å². The Morgan fingerprint density at radius 2 is 1.81 bits per heavy atom. The molecule has 0 spiro atoms. The van der Waals surface area contributed by atoms with Gasteiger partial charge in [-0.05, 0) is 18.6 Å². The number of carbonyl (C=O) groups excluding carboxylic acids is 1. The van der Waals surface area contributed by atoms with E-state index in [0.29, 0.717) is 5.56 Å². The lowest BCUT2D eigenvalue weighted by Gasteiger charge is -2.15. The summed E-state index contributed by atoms with van der Waals surface area (Å²) in [6, 6.07) is 17.7. The Kier molecular flexibility index (Phi) is 4.34. The monoisotopic (exact) mass is 362 g/mol. The van der Waals surface area contributed by atoms with Crippen LogP contribution >= 0.6 is 11.8 Å². The predicted octanol–water partition coefficient (Wildman–Crippen LogP) is 4.32. The van der Waals surface area contributed by atoms with E-state index in [0.717, 1.165) is 27.4 Å². The average molecular weight is 362 g/mol. The molecule has 0 bridgehead atoms. The Morgan fingerprint density at radius 3 is 2.54 bits per heavy atom. The smallest absolute Gasteiger partial charge is 0.191 e. The number of benzene rings is 2. The molecule has 1 N–H and O–H groups in total. The standard InChI is InChI=1S/C20H18N4OS/c1-13-22-23-20(24(13)2)26-19(14-8-4-3-5-9-14)18(25)16-12-21-17-11-7-6-10-15(16)17/h3-12,19,21H,1-2H3/t19-/m1/s1. The van der Waals surface area contributed by atoms with Gasteiger partial charge in [0.1, 0.15) is 11.1 Å². The molecule has 0 aliphatic heterocycles. The van der Waals surface area contributed by atoms with Crippen LogP contribution < -0.4 is 0 Å². The van der Waals surface area contributed by atoms with Crippen LogP contribution in [-0.4, -0.2) is 25.5 Å². The number of nitrogens with zero attached hydrogens (tertiary/aromatic N) is 3. The molecule has 2 aromatic carbocycles. The largest absolute Gasteiger partial charge is 0.360 e. The third-order valence-corrected chi connectivity index (χ3v) is 5.76. The molecule has 0 aliphatic carbocycles. The molecule has 4 aromatic rings. The van der Waals surface area contributed by atoms with Crippen LogP contribution in [0.25, 0.3) is 10.9 Å². The molecule has 4 rings (SSSR count). The number of fused-ring (bicyclic) bond motifs is 1. The number of nitrogens with one attached hydrogen (secondary N) is 1. The summed E-state index contributed by atoms with van der Waals surface area (Å²) in [5, 5.41) is 9.61. The van der Waals surface area contributed by atoms with Gasteiger partial charge in [-0.25, -0.2) is 0 Å². The number of para-hydroxylation sites is 1. The van der Waals surface area contributed by atoms with Crippen molar-refractivity contribution < 1.29 is 4.79 Å². The van der Waals surface area contributed by atoms with Crippen molar-refractivity contribution in [3.8, 4) is 0 Å². The van der Waals surface area contributed by atoms with Gasteiger partial charge in [-0.3, -0.25) is 4.79 Å². The van der Waals surface area contributed by atoms with Crippen LogP contribution in [0.15, 0.2) is 66.0 Å². The van der Waals surface area contributed by atoms with E-state index in [1.807, 2.05) is 73.1 Å². The molecular formula is C20H18N4OS. The molecule has 0 aliphatic rings. The topological polar surface area (TPSA) is 63.6 Å². The van der Waals surface area contributed by atoms with Crippen LogP contribution in [0.1, 0.15) is 27.0 Å². The van der Waals surface area contributed by atoms with Gasteiger partial charge in [0, 0.05) is 29.7 Å². The lowest BCUT2D eigenvalue weighted by molar-refractivity contribution is 0.0991. The van der Waals surface area contributed by atoms with E-state index in [4.69, 9.17) is 0 Å². The number of carbonyl (C=O) groups is 1. The number of Topliss-reactive ketones (excluding diaryl/α,β-unsaturated/α-hetero) is 1. The van der Waals surface area contributed by atoms with Crippen LogP contribution in [0.3, 0.4) is 0 Å². The molecule has 0 saturated carbocycles. The van der Waals surface area contributed by atoms with Crippen molar-refractivity contribution in [2.45, 2.75) is 17.3 Å². The van der Waals surface area contributed by atoms with Crippen molar-refractivity contribution in [3.63, 3.8) is 0 Å². The van der Waals surface area contributed by atoms with Crippen molar-refractivity contribution in [1.29, 1.82) is 0 Å². The summed E-state index contributed by atoms with van der Waals surface area (Å²) in [6.45, 7) is 1.90. The van der Waals surface area contributed by atoms with Gasteiger partial charge in [-0.15, -0.1) is 10.2 Å². The highest BCUT2D eigenvalue weighted by Crippen LogP contribution is 2.38. The molecule has 1 atom stereocenters. The average Bonchev–Trinajstić information content (AvgIpc) is 3.24. The first-order valence-electron chi connectivity index (χ1n) is 8.33. The molecule has 5 nitrogen and oxygen atoms in total. The van der Waals surface area contributed by atoms with Crippen LogP contribution in [0.2, 0.25) is 0 Å². The Balaban J connectivity index is 1.77. The summed E-state index contributed by atoms with van der Waals surface area (Å²) in [5.41, 5.74) is 2.61. The summed E-state index contributed by atoms with van der Waals surface area (Å²) < 4.78 is 1.91. The number of aromatic nitrogens is 4. The van der Waals surface area contributed by atoms with E-state index in [2.05, 4.69) is 15.2 Å². The maximum absolute atomic E-state index is 13.4. The highest BCUT2D eigenvalue weighted by Gasteiger charge is 2.27. The summed E-state index contributed by atoms with van der Waals surface area (Å²) in [4.78, 5) is 16.6. The van der Waals surface area contributed by atoms with Crippen LogP contribution in [-0.2, 0) is 7.05 Å². The highest BCUT2D eigenvalue weighted by atomic mass is 32.2. The molecule has 0 radical (unpaired) electrons. The predicted molar refractivity (Wildman–Crippen MR) is 103 cm³/mol. The lowest BCUT2D eigenvalue weighted by Crippen LogP contribution is -2.11. The normalized spacial score (nSPS) is 12.4. The molecule has 0 amide bonds. The fourth-order valence-corrected chi connectivity index (χ4v) is 4.03. The van der Waals surface area contributed by atoms with E-state index >= 15 is 0 Å². The van der Waals surface area contributed by atoms with Gasteiger partial charge < -0.3 is 9.55 Å². The highest BCUT2D eigenvalue weighted by molar-refractivity contribution is 8.00. The van der Waals surface area contributed by atoms with E-state index < -0.39 is 5.25 Å². The molecule has 2 aromatic heterocycles. The Bertz CT molecular complexity index is 1070. The Morgan fingerprint density at radius 1 is 1.08 bits per heavy atom. The number of ketones is 1. The Hall–Kier alpha value is -2.86. The minimum absolute atomic E-state index is 0.0549. The van der Waals surface area contributed by atoms with Gasteiger partial charge in [0.05, 0.1) is 0 Å². The molecule has 0 saturated heterocycles.